The van der Waals surface area contributed by atoms with Gasteiger partial charge in [-0.2, -0.15) is 0 Å². The van der Waals surface area contributed by atoms with Crippen molar-refractivity contribution < 1.29 is 4.39 Å². The van der Waals surface area contributed by atoms with E-state index in [9.17, 15) is 4.39 Å². The first-order valence-electron chi connectivity index (χ1n) is 6.05. The second-order valence-electron chi connectivity index (χ2n) is 4.43. The molecule has 0 saturated carbocycles. The van der Waals surface area contributed by atoms with E-state index in [0.29, 0.717) is 23.8 Å². The Balaban J connectivity index is 2.24. The molecule has 100 valence electrons. The number of para-hydroxylation sites is 1. The Bertz CT molecular complexity index is 555. The Morgan fingerprint density at radius 3 is 2.47 bits per heavy atom. The molecule has 0 saturated heterocycles. The predicted molar refractivity (Wildman–Crippen MR) is 77.9 cm³/mol. The molecule has 4 heteroatoms. The van der Waals surface area contributed by atoms with Crippen molar-refractivity contribution in [2.75, 3.05) is 11.9 Å². The molecule has 2 aromatic carbocycles. The minimum absolute atomic E-state index is 0.251. The third kappa shape index (κ3) is 3.25. The fourth-order valence-electron chi connectivity index (χ4n) is 2.09. The molecule has 0 radical (unpaired) electrons. The van der Waals surface area contributed by atoms with E-state index in [2.05, 4.69) is 0 Å². The van der Waals surface area contributed by atoms with Crippen LogP contribution in [0.25, 0.3) is 0 Å². The molecule has 0 bridgehead atoms. The molecule has 2 aromatic rings. The van der Waals surface area contributed by atoms with Crippen molar-refractivity contribution in [3.05, 3.63) is 64.4 Å². The number of nitrogens with zero attached hydrogens (tertiary/aromatic N) is 1. The maximum Gasteiger partial charge on any atom is 0.146 e. The third-order valence-electron chi connectivity index (χ3n) is 3.00. The van der Waals surface area contributed by atoms with Gasteiger partial charge >= 0.3 is 0 Å². The molecule has 2 rings (SSSR count). The van der Waals surface area contributed by atoms with E-state index < -0.39 is 0 Å². The number of anilines is 1. The van der Waals surface area contributed by atoms with E-state index in [1.165, 1.54) is 6.07 Å². The van der Waals surface area contributed by atoms with Crippen LogP contribution in [0.2, 0.25) is 5.02 Å². The quantitative estimate of drug-likeness (QED) is 0.926. The van der Waals surface area contributed by atoms with Gasteiger partial charge in [-0.25, -0.2) is 4.39 Å². The number of nitrogens with two attached hydrogens (primary N) is 1. The average molecular weight is 279 g/mol. The van der Waals surface area contributed by atoms with E-state index in [1.807, 2.05) is 42.3 Å². The number of hydrogen-bond acceptors (Lipinski definition) is 2. The predicted octanol–water partition coefficient (Wildman–Crippen LogP) is 3.57. The maximum absolute atomic E-state index is 13.9. The lowest BCUT2D eigenvalue weighted by atomic mass is 10.1. The number of benzene rings is 2. The van der Waals surface area contributed by atoms with Crippen molar-refractivity contribution in [1.82, 2.24) is 0 Å². The molecule has 0 amide bonds. The lowest BCUT2D eigenvalue weighted by Crippen LogP contribution is -2.20. The summed E-state index contributed by atoms with van der Waals surface area (Å²) in [6.07, 6.45) is 0. The highest BCUT2D eigenvalue weighted by Gasteiger charge is 2.12. The summed E-state index contributed by atoms with van der Waals surface area (Å²) >= 11 is 5.85. The highest BCUT2D eigenvalue weighted by Crippen LogP contribution is 2.24. The highest BCUT2D eigenvalue weighted by atomic mass is 35.5. The Labute approximate surface area is 117 Å². The number of halogens is 2. The van der Waals surface area contributed by atoms with Crippen molar-refractivity contribution in [3.63, 3.8) is 0 Å². The first-order valence-corrected chi connectivity index (χ1v) is 6.42. The topological polar surface area (TPSA) is 29.3 Å². The fraction of sp³-hybridized carbons (Fsp3) is 0.200. The van der Waals surface area contributed by atoms with Gasteiger partial charge in [-0.15, -0.1) is 0 Å². The van der Waals surface area contributed by atoms with Gasteiger partial charge in [0.05, 0.1) is 5.69 Å². The van der Waals surface area contributed by atoms with Gasteiger partial charge < -0.3 is 10.6 Å². The fourth-order valence-corrected chi connectivity index (χ4v) is 2.22. The van der Waals surface area contributed by atoms with Crippen LogP contribution in [-0.4, -0.2) is 7.05 Å². The van der Waals surface area contributed by atoms with E-state index in [1.54, 1.807) is 6.07 Å². The second-order valence-corrected chi connectivity index (χ2v) is 4.87. The molecule has 0 aromatic heterocycles. The molecule has 0 aliphatic carbocycles. The van der Waals surface area contributed by atoms with Crippen LogP contribution in [0.1, 0.15) is 11.1 Å². The molecule has 0 spiro atoms. The maximum atomic E-state index is 13.9. The van der Waals surface area contributed by atoms with Crippen LogP contribution in [0.15, 0.2) is 42.5 Å². The number of rotatable bonds is 4. The molecule has 0 aliphatic rings. The number of hydrogen-bond donors (Lipinski definition) is 1. The van der Waals surface area contributed by atoms with Gasteiger partial charge in [0.15, 0.2) is 0 Å². The van der Waals surface area contributed by atoms with Crippen LogP contribution in [-0.2, 0) is 13.1 Å². The van der Waals surface area contributed by atoms with Crippen molar-refractivity contribution in [3.8, 4) is 0 Å². The van der Waals surface area contributed by atoms with Crippen LogP contribution >= 0.6 is 11.6 Å². The van der Waals surface area contributed by atoms with Gasteiger partial charge in [0.1, 0.15) is 5.82 Å². The van der Waals surface area contributed by atoms with Crippen LogP contribution in [0.3, 0.4) is 0 Å². The zero-order valence-corrected chi connectivity index (χ0v) is 11.5. The van der Waals surface area contributed by atoms with E-state index in [0.717, 1.165) is 11.1 Å². The molecule has 2 nitrogen and oxygen atoms in total. The largest absolute Gasteiger partial charge is 0.368 e. The molecule has 0 unspecified atom stereocenters. The van der Waals surface area contributed by atoms with Gasteiger partial charge in [-0.1, -0.05) is 35.9 Å². The minimum Gasteiger partial charge on any atom is -0.368 e. The van der Waals surface area contributed by atoms with Crippen molar-refractivity contribution in [2.45, 2.75) is 13.1 Å². The first-order chi connectivity index (χ1) is 9.11. The standard InChI is InChI=1S/C15H16ClFN2/c1-19(10-11-5-7-13(16)8-6-11)15-12(9-18)3-2-4-14(15)17/h2-8H,9-10,18H2,1H3. The summed E-state index contributed by atoms with van der Waals surface area (Å²) in [5.41, 5.74) is 8.09. The summed E-state index contributed by atoms with van der Waals surface area (Å²) < 4.78 is 13.9. The Hall–Kier alpha value is -1.58. The van der Waals surface area contributed by atoms with Crippen LogP contribution in [0, 0.1) is 5.82 Å². The summed E-state index contributed by atoms with van der Waals surface area (Å²) in [4.78, 5) is 1.86. The molecule has 2 N–H and O–H groups in total. The first kappa shape index (κ1) is 13.8. The minimum atomic E-state index is -0.251. The summed E-state index contributed by atoms with van der Waals surface area (Å²) in [6, 6.07) is 12.5. The van der Waals surface area contributed by atoms with Crippen LogP contribution < -0.4 is 10.6 Å². The van der Waals surface area contributed by atoms with Gasteiger partial charge in [-0.05, 0) is 29.3 Å². The summed E-state index contributed by atoms with van der Waals surface area (Å²) in [5, 5.41) is 0.694. The lowest BCUT2D eigenvalue weighted by Gasteiger charge is -2.23. The van der Waals surface area contributed by atoms with E-state index in [4.69, 9.17) is 17.3 Å². The van der Waals surface area contributed by atoms with Crippen molar-refractivity contribution in [1.29, 1.82) is 0 Å². The molecule has 19 heavy (non-hydrogen) atoms. The van der Waals surface area contributed by atoms with E-state index >= 15 is 0 Å². The zero-order chi connectivity index (χ0) is 13.8. The molecule has 0 atom stereocenters. The SMILES string of the molecule is CN(Cc1ccc(Cl)cc1)c1c(F)cccc1CN. The Morgan fingerprint density at radius 1 is 1.16 bits per heavy atom. The highest BCUT2D eigenvalue weighted by molar-refractivity contribution is 6.30. The normalized spacial score (nSPS) is 10.5. The van der Waals surface area contributed by atoms with Crippen LogP contribution in [0.4, 0.5) is 10.1 Å². The molecular formula is C15H16ClFN2. The molecule has 0 fully saturated rings. The van der Waals surface area contributed by atoms with Gasteiger partial charge in [-0.3, -0.25) is 0 Å². The Morgan fingerprint density at radius 2 is 1.84 bits per heavy atom. The molecule has 0 aliphatic heterocycles. The van der Waals surface area contributed by atoms with Crippen molar-refractivity contribution >= 4 is 17.3 Å². The van der Waals surface area contributed by atoms with E-state index in [-0.39, 0.29) is 5.82 Å². The third-order valence-corrected chi connectivity index (χ3v) is 3.26. The Kier molecular flexibility index (Phi) is 4.40. The average Bonchev–Trinajstić information content (AvgIpc) is 2.40. The zero-order valence-electron chi connectivity index (χ0n) is 10.7. The summed E-state index contributed by atoms with van der Waals surface area (Å²) in [6.45, 7) is 0.920. The lowest BCUT2D eigenvalue weighted by molar-refractivity contribution is 0.619. The molecule has 0 heterocycles. The summed E-state index contributed by atoms with van der Waals surface area (Å²) in [5.74, 6) is -0.251. The molecular weight excluding hydrogens is 263 g/mol. The van der Waals surface area contributed by atoms with Crippen LogP contribution in [0.5, 0.6) is 0 Å². The summed E-state index contributed by atoms with van der Waals surface area (Å²) in [7, 11) is 1.85. The van der Waals surface area contributed by atoms with Gasteiger partial charge in [0.2, 0.25) is 0 Å². The van der Waals surface area contributed by atoms with Gasteiger partial charge in [0.25, 0.3) is 0 Å². The monoisotopic (exact) mass is 278 g/mol. The second kappa shape index (κ2) is 6.04. The smallest absolute Gasteiger partial charge is 0.146 e. The van der Waals surface area contributed by atoms with Crippen molar-refractivity contribution in [2.24, 2.45) is 5.73 Å². The van der Waals surface area contributed by atoms with Gasteiger partial charge in [0, 0.05) is 25.2 Å².